The molecular formula is C21H21ClN2O6. The highest BCUT2D eigenvalue weighted by Gasteiger charge is 2.23. The number of amides is 1. The maximum absolute atomic E-state index is 12.9. The first kappa shape index (κ1) is 21.5. The van der Waals surface area contributed by atoms with Crippen LogP contribution in [-0.4, -0.2) is 45.5 Å². The number of aromatic nitrogens is 1. The normalized spacial score (nSPS) is 12.0. The van der Waals surface area contributed by atoms with Crippen molar-refractivity contribution < 1.29 is 29.6 Å². The van der Waals surface area contributed by atoms with Crippen molar-refractivity contribution in [2.45, 2.75) is 13.0 Å². The number of methoxy groups -OCH3 is 1. The van der Waals surface area contributed by atoms with Gasteiger partial charge >= 0.3 is 5.97 Å². The van der Waals surface area contributed by atoms with Gasteiger partial charge in [-0.3, -0.25) is 4.79 Å². The first-order chi connectivity index (χ1) is 14.2. The number of ether oxygens (including phenoxy) is 1. The number of carboxylic acids is 1. The molecule has 4 N–H and O–H groups in total. The maximum atomic E-state index is 12.9. The number of nitrogens with one attached hydrogen (secondary N) is 1. The Kier molecular flexibility index (Phi) is 5.91. The summed E-state index contributed by atoms with van der Waals surface area (Å²) >= 11 is 6.09. The summed E-state index contributed by atoms with van der Waals surface area (Å²) < 4.78 is 6.74. The van der Waals surface area contributed by atoms with Crippen molar-refractivity contribution >= 4 is 34.4 Å². The molecule has 1 amide bonds. The second-order valence-corrected chi connectivity index (χ2v) is 7.23. The van der Waals surface area contributed by atoms with Gasteiger partial charge in [0.25, 0.3) is 5.91 Å². The molecule has 1 heterocycles. The number of aryl methyl sites for hydroxylation is 2. The molecule has 0 saturated heterocycles. The number of aliphatic hydroxyl groups excluding tert-OH is 1. The molecule has 3 aromatic rings. The summed E-state index contributed by atoms with van der Waals surface area (Å²) in [6.07, 6.45) is 0. The van der Waals surface area contributed by atoms with Gasteiger partial charge in [0.05, 0.1) is 30.8 Å². The summed E-state index contributed by atoms with van der Waals surface area (Å²) in [5, 5.41) is 32.5. The van der Waals surface area contributed by atoms with Gasteiger partial charge in [-0.2, -0.15) is 0 Å². The number of aliphatic hydroxyl groups is 1. The van der Waals surface area contributed by atoms with Gasteiger partial charge in [-0.25, -0.2) is 4.79 Å². The quantitative estimate of drug-likeness (QED) is 0.475. The number of phenols is 1. The highest BCUT2D eigenvalue weighted by molar-refractivity contribution is 6.34. The molecule has 1 aromatic heterocycles. The predicted octanol–water partition coefficient (Wildman–Crippen LogP) is 3.02. The second kappa shape index (κ2) is 8.25. The molecule has 8 nitrogen and oxygen atoms in total. The van der Waals surface area contributed by atoms with Crippen LogP contribution in [0.4, 0.5) is 0 Å². The average molecular weight is 433 g/mol. The second-order valence-electron chi connectivity index (χ2n) is 6.85. The van der Waals surface area contributed by atoms with E-state index >= 15 is 0 Å². The van der Waals surface area contributed by atoms with E-state index in [1.165, 1.54) is 25.3 Å². The van der Waals surface area contributed by atoms with E-state index in [2.05, 4.69) is 5.32 Å². The number of aromatic carboxylic acids is 1. The molecule has 0 aliphatic carbocycles. The van der Waals surface area contributed by atoms with Crippen molar-refractivity contribution in [3.05, 3.63) is 57.7 Å². The molecular weight excluding hydrogens is 412 g/mol. The minimum Gasteiger partial charge on any atom is -0.506 e. The van der Waals surface area contributed by atoms with Gasteiger partial charge < -0.3 is 29.9 Å². The zero-order valence-electron chi connectivity index (χ0n) is 16.6. The van der Waals surface area contributed by atoms with Gasteiger partial charge in [-0.1, -0.05) is 17.7 Å². The minimum absolute atomic E-state index is 0.0462. The van der Waals surface area contributed by atoms with Crippen LogP contribution in [0.25, 0.3) is 10.9 Å². The minimum atomic E-state index is -1.06. The van der Waals surface area contributed by atoms with Crippen molar-refractivity contribution in [3.8, 4) is 11.5 Å². The molecule has 0 bridgehead atoms. The Bertz CT molecular complexity index is 1150. The number of carbonyl (C=O) groups excluding carboxylic acids is 1. The number of benzene rings is 2. The third-order valence-electron chi connectivity index (χ3n) is 5.06. The number of rotatable bonds is 6. The molecule has 30 heavy (non-hydrogen) atoms. The van der Waals surface area contributed by atoms with E-state index in [9.17, 15) is 19.8 Å². The lowest BCUT2D eigenvalue weighted by atomic mass is 9.99. The molecule has 2 aromatic carbocycles. The van der Waals surface area contributed by atoms with Crippen molar-refractivity contribution in [2.24, 2.45) is 7.05 Å². The van der Waals surface area contributed by atoms with Crippen LogP contribution >= 0.6 is 11.6 Å². The van der Waals surface area contributed by atoms with Crippen LogP contribution in [-0.2, 0) is 7.05 Å². The van der Waals surface area contributed by atoms with Crippen LogP contribution in [0, 0.1) is 6.92 Å². The van der Waals surface area contributed by atoms with Crippen molar-refractivity contribution in [1.29, 1.82) is 0 Å². The van der Waals surface area contributed by atoms with Crippen LogP contribution < -0.4 is 10.1 Å². The lowest BCUT2D eigenvalue weighted by molar-refractivity contribution is 0.0696. The number of aromatic hydroxyl groups is 1. The average Bonchev–Trinajstić information content (AvgIpc) is 3.05. The van der Waals surface area contributed by atoms with E-state index in [4.69, 9.17) is 21.4 Å². The molecule has 0 fully saturated rings. The number of hydrogen-bond donors (Lipinski definition) is 4. The van der Waals surface area contributed by atoms with Gasteiger partial charge in [-0.05, 0) is 36.2 Å². The summed E-state index contributed by atoms with van der Waals surface area (Å²) in [7, 11) is 3.08. The maximum Gasteiger partial charge on any atom is 0.335 e. The van der Waals surface area contributed by atoms with Gasteiger partial charge in [0, 0.05) is 18.5 Å². The van der Waals surface area contributed by atoms with Crippen molar-refractivity contribution in [2.75, 3.05) is 13.7 Å². The number of carboxylic acid groups (broad SMARTS) is 1. The number of carbonyl (C=O) groups is 2. The smallest absolute Gasteiger partial charge is 0.335 e. The lowest BCUT2D eigenvalue weighted by Crippen LogP contribution is -2.32. The summed E-state index contributed by atoms with van der Waals surface area (Å²) in [5.74, 6) is -1.46. The Morgan fingerprint density at radius 3 is 2.53 bits per heavy atom. The van der Waals surface area contributed by atoms with E-state index in [0.29, 0.717) is 22.0 Å². The number of phenolic OH excluding ortho intramolecular Hbond substituents is 1. The number of hydrogen-bond acceptors (Lipinski definition) is 5. The Labute approximate surface area is 177 Å². The van der Waals surface area contributed by atoms with Crippen LogP contribution in [0.15, 0.2) is 30.3 Å². The molecule has 0 unspecified atom stereocenters. The first-order valence-electron chi connectivity index (χ1n) is 9.00. The molecule has 0 aliphatic rings. The highest BCUT2D eigenvalue weighted by Crippen LogP contribution is 2.41. The van der Waals surface area contributed by atoms with E-state index < -0.39 is 17.9 Å². The van der Waals surface area contributed by atoms with Crippen molar-refractivity contribution in [1.82, 2.24) is 9.88 Å². The Morgan fingerprint density at radius 1 is 1.27 bits per heavy atom. The summed E-state index contributed by atoms with van der Waals surface area (Å²) in [6.45, 7) is 1.33. The summed E-state index contributed by atoms with van der Waals surface area (Å²) in [6, 6.07) is 6.84. The van der Waals surface area contributed by atoms with Crippen LogP contribution in [0.1, 0.15) is 38.0 Å². The van der Waals surface area contributed by atoms with Gasteiger partial charge in [-0.15, -0.1) is 0 Å². The molecule has 0 aliphatic heterocycles. The van der Waals surface area contributed by atoms with E-state index in [1.807, 2.05) is 0 Å². The topological polar surface area (TPSA) is 121 Å². The van der Waals surface area contributed by atoms with E-state index in [0.717, 1.165) is 0 Å². The van der Waals surface area contributed by atoms with E-state index in [1.54, 1.807) is 30.7 Å². The molecule has 9 heteroatoms. The van der Waals surface area contributed by atoms with Gasteiger partial charge in [0.15, 0.2) is 0 Å². The monoisotopic (exact) mass is 432 g/mol. The summed E-state index contributed by atoms with van der Waals surface area (Å²) in [5.41, 5.74) is 2.13. The summed E-state index contributed by atoms with van der Waals surface area (Å²) in [4.78, 5) is 24.1. The fraction of sp³-hybridized carbons (Fsp3) is 0.238. The zero-order valence-corrected chi connectivity index (χ0v) is 17.3. The molecule has 1 atom stereocenters. The molecule has 0 saturated carbocycles. The first-order valence-corrected chi connectivity index (χ1v) is 9.37. The van der Waals surface area contributed by atoms with E-state index in [-0.39, 0.29) is 34.4 Å². The fourth-order valence-electron chi connectivity index (χ4n) is 3.42. The molecule has 3 rings (SSSR count). The van der Waals surface area contributed by atoms with Crippen LogP contribution in [0.2, 0.25) is 5.02 Å². The largest absolute Gasteiger partial charge is 0.506 e. The SMILES string of the molecule is COc1cc2c(cc(C(=O)N[C@H](CO)c3ccc(C(=O)O)cc3C)n2C)c(O)c1Cl. The van der Waals surface area contributed by atoms with Gasteiger partial charge in [0.1, 0.15) is 22.2 Å². The third-order valence-corrected chi connectivity index (χ3v) is 5.42. The molecule has 0 spiro atoms. The number of halogens is 1. The Morgan fingerprint density at radius 2 is 1.97 bits per heavy atom. The third kappa shape index (κ3) is 3.67. The fourth-order valence-corrected chi connectivity index (χ4v) is 3.66. The standard InChI is InChI=1S/C21H21ClN2O6/c1-10-6-11(21(28)29)4-5-12(10)14(9-25)23-20(27)16-7-13-15(24(16)2)8-17(30-3)18(22)19(13)26/h4-8,14,25-26H,9H2,1-3H3,(H,23,27)(H,28,29)/t14-/m1/s1. The lowest BCUT2D eigenvalue weighted by Gasteiger charge is -2.19. The Hall–Kier alpha value is -3.23. The van der Waals surface area contributed by atoms with Crippen LogP contribution in [0.3, 0.4) is 0 Å². The zero-order chi connectivity index (χ0) is 22.2. The molecule has 158 valence electrons. The Balaban J connectivity index is 1.96. The highest BCUT2D eigenvalue weighted by atomic mass is 35.5. The number of nitrogens with zero attached hydrogens (tertiary/aromatic N) is 1. The van der Waals surface area contributed by atoms with Crippen molar-refractivity contribution in [3.63, 3.8) is 0 Å². The molecule has 0 radical (unpaired) electrons. The van der Waals surface area contributed by atoms with Gasteiger partial charge in [0.2, 0.25) is 0 Å². The predicted molar refractivity (Wildman–Crippen MR) is 112 cm³/mol. The number of fused-ring (bicyclic) bond motifs is 1. The van der Waals surface area contributed by atoms with Crippen LogP contribution in [0.5, 0.6) is 11.5 Å².